The SMILES string of the molecule is C.C=CC[CH2-].[CH3-].[Cl-].[Cl-].[Zr+2].[c-]1cccc2c1C(C1=CC=CC1)c1ccccc1-2. The van der Waals surface area contributed by atoms with Gasteiger partial charge >= 0.3 is 26.2 Å². The molecule has 2 aromatic carbocycles. The van der Waals surface area contributed by atoms with Gasteiger partial charge in [-0.25, -0.2) is 0 Å². The van der Waals surface area contributed by atoms with Crippen molar-refractivity contribution in [2.45, 2.75) is 26.2 Å². The van der Waals surface area contributed by atoms with Crippen molar-refractivity contribution in [3.8, 4) is 11.1 Å². The van der Waals surface area contributed by atoms with E-state index < -0.39 is 0 Å². The molecule has 2 aliphatic rings. The molecule has 2 aliphatic carbocycles. The molecule has 0 aliphatic heterocycles. The van der Waals surface area contributed by atoms with E-state index in [1.807, 2.05) is 6.07 Å². The molecule has 0 fully saturated rings. The third kappa shape index (κ3) is 6.60. The van der Waals surface area contributed by atoms with E-state index in [1.54, 1.807) is 6.08 Å². The summed E-state index contributed by atoms with van der Waals surface area (Å²) in [7, 11) is 0. The smallest absolute Gasteiger partial charge is 1.00 e. The second kappa shape index (κ2) is 15.1. The van der Waals surface area contributed by atoms with Crippen molar-refractivity contribution < 1.29 is 51.0 Å². The molecule has 3 heteroatoms. The molecular weight excluding hydrogens is 450 g/mol. The molecule has 1 atom stereocenters. The van der Waals surface area contributed by atoms with Gasteiger partial charge in [0.2, 0.25) is 0 Å². The van der Waals surface area contributed by atoms with Gasteiger partial charge in [0.1, 0.15) is 0 Å². The molecule has 0 N–H and O–H groups in total. The minimum Gasteiger partial charge on any atom is -1.00 e. The van der Waals surface area contributed by atoms with E-state index >= 15 is 0 Å². The predicted octanol–water partition coefficient (Wildman–Crippen LogP) is 0.974. The molecule has 0 bridgehead atoms. The fraction of sp³-hybridized carbons (Fsp3) is 0.167. The Hall–Kier alpha value is -0.877. The Morgan fingerprint density at radius 1 is 1.11 bits per heavy atom. The van der Waals surface area contributed by atoms with Gasteiger partial charge in [-0.3, -0.25) is 0 Å². The molecule has 0 heterocycles. The largest absolute Gasteiger partial charge is 2.00 e. The van der Waals surface area contributed by atoms with Gasteiger partial charge in [-0.15, -0.1) is 23.8 Å². The van der Waals surface area contributed by atoms with Crippen LogP contribution in [0.5, 0.6) is 0 Å². The van der Waals surface area contributed by atoms with Crippen LogP contribution in [0.3, 0.4) is 0 Å². The van der Waals surface area contributed by atoms with Gasteiger partial charge in [-0.1, -0.05) is 61.1 Å². The van der Waals surface area contributed by atoms with Crippen molar-refractivity contribution in [1.29, 1.82) is 0 Å². The second-order valence-corrected chi connectivity index (χ2v) is 5.47. The summed E-state index contributed by atoms with van der Waals surface area (Å²) in [5.41, 5.74) is 7.00. The number of fused-ring (bicyclic) bond motifs is 3. The maximum Gasteiger partial charge on any atom is 2.00 e. The van der Waals surface area contributed by atoms with Crippen LogP contribution in [0.4, 0.5) is 0 Å². The van der Waals surface area contributed by atoms with Gasteiger partial charge in [0, 0.05) is 5.92 Å². The minimum atomic E-state index is 0. The zero-order valence-electron chi connectivity index (χ0n) is 15.0. The average molecular weight is 478 g/mol. The van der Waals surface area contributed by atoms with Crippen LogP contribution in [0, 0.1) is 20.4 Å². The van der Waals surface area contributed by atoms with E-state index in [0.717, 1.165) is 12.8 Å². The Morgan fingerprint density at radius 3 is 2.33 bits per heavy atom. The van der Waals surface area contributed by atoms with Crippen LogP contribution in [-0.4, -0.2) is 0 Å². The van der Waals surface area contributed by atoms with Crippen LogP contribution in [-0.2, 0) is 26.2 Å². The van der Waals surface area contributed by atoms with E-state index in [4.69, 9.17) is 0 Å². The number of halogens is 2. The summed E-state index contributed by atoms with van der Waals surface area (Å²) in [5, 5.41) is 0. The predicted molar refractivity (Wildman–Crippen MR) is 108 cm³/mol. The Balaban J connectivity index is -0.000000591. The molecule has 27 heavy (non-hydrogen) atoms. The van der Waals surface area contributed by atoms with Gasteiger partial charge in [0.25, 0.3) is 0 Å². The zero-order valence-corrected chi connectivity index (χ0v) is 19.0. The van der Waals surface area contributed by atoms with Crippen LogP contribution >= 0.6 is 0 Å². The van der Waals surface area contributed by atoms with Crippen LogP contribution in [0.2, 0.25) is 0 Å². The van der Waals surface area contributed by atoms with Crippen molar-refractivity contribution in [3.05, 3.63) is 110 Å². The van der Waals surface area contributed by atoms with Crippen LogP contribution in [0.25, 0.3) is 11.1 Å². The summed E-state index contributed by atoms with van der Waals surface area (Å²) in [6.45, 7) is 6.90. The molecule has 1 unspecified atom stereocenters. The Labute approximate surface area is 197 Å². The Morgan fingerprint density at radius 2 is 1.74 bits per heavy atom. The molecule has 0 spiro atoms. The third-order valence-corrected chi connectivity index (χ3v) is 4.11. The Bertz CT molecular complexity index is 702. The van der Waals surface area contributed by atoms with E-state index in [-0.39, 0.29) is 65.9 Å². The van der Waals surface area contributed by atoms with Gasteiger partial charge in [-0.2, -0.15) is 30.7 Å². The number of hydrogen-bond acceptors (Lipinski definition) is 0. The van der Waals surface area contributed by atoms with Crippen molar-refractivity contribution in [1.82, 2.24) is 0 Å². The standard InChI is InChI=1S/C18H13.C4H7.CH4.CH3.2ClH.Zr/c1-2-8-13(7-1)18-16-11-5-3-9-14(16)15-10-4-6-12-17(15)18;1-3-4-2;;;;;/h1-7,9-11,18H,8H2;3H,1-2,4H2;1H4;1H3;2*1H;/q2*-1;;-1;;;+2/p-2. The second-order valence-electron chi connectivity index (χ2n) is 5.47. The Kier molecular flexibility index (Phi) is 17.2. The molecule has 144 valence electrons. The zero-order chi connectivity index (χ0) is 15.4. The van der Waals surface area contributed by atoms with Gasteiger partial charge in [0.15, 0.2) is 0 Å². The van der Waals surface area contributed by atoms with E-state index in [0.29, 0.717) is 5.92 Å². The molecule has 0 amide bonds. The van der Waals surface area contributed by atoms with Crippen molar-refractivity contribution >= 4 is 0 Å². The minimum absolute atomic E-state index is 0. The molecule has 4 rings (SSSR count). The first kappa shape index (κ1) is 30.8. The normalized spacial score (nSPS) is 14.0. The van der Waals surface area contributed by atoms with Crippen molar-refractivity contribution in [2.24, 2.45) is 0 Å². The summed E-state index contributed by atoms with van der Waals surface area (Å²) in [4.78, 5) is 0. The van der Waals surface area contributed by atoms with Crippen molar-refractivity contribution in [3.63, 3.8) is 0 Å². The molecule has 0 saturated carbocycles. The first-order valence-electron chi connectivity index (χ1n) is 7.72. The first-order valence-corrected chi connectivity index (χ1v) is 7.72. The third-order valence-electron chi connectivity index (χ3n) is 4.11. The summed E-state index contributed by atoms with van der Waals surface area (Å²) >= 11 is 0. The number of hydrogen-bond donors (Lipinski definition) is 0. The van der Waals surface area contributed by atoms with Crippen molar-refractivity contribution in [2.75, 3.05) is 0 Å². The monoisotopic (exact) mass is 475 g/mol. The summed E-state index contributed by atoms with van der Waals surface area (Å²) in [6, 6.07) is 18.5. The molecular formula is C24H27Cl2Zr-3. The fourth-order valence-electron chi connectivity index (χ4n) is 3.14. The van der Waals surface area contributed by atoms with Crippen LogP contribution < -0.4 is 24.8 Å². The van der Waals surface area contributed by atoms with E-state index in [1.165, 1.54) is 27.8 Å². The molecule has 0 nitrogen and oxygen atoms in total. The quantitative estimate of drug-likeness (QED) is 0.447. The maximum atomic E-state index is 3.49. The maximum absolute atomic E-state index is 3.49. The molecule has 0 radical (unpaired) electrons. The number of rotatable bonds is 2. The summed E-state index contributed by atoms with van der Waals surface area (Å²) < 4.78 is 0. The van der Waals surface area contributed by atoms with Gasteiger partial charge < -0.3 is 39.2 Å². The molecule has 0 aromatic heterocycles. The fourth-order valence-corrected chi connectivity index (χ4v) is 3.14. The van der Waals surface area contributed by atoms with E-state index in [9.17, 15) is 0 Å². The first-order chi connectivity index (χ1) is 10.9. The summed E-state index contributed by atoms with van der Waals surface area (Å²) in [6.07, 6.45) is 10.3. The van der Waals surface area contributed by atoms with E-state index in [2.05, 4.69) is 74.2 Å². The van der Waals surface area contributed by atoms with Gasteiger partial charge in [-0.05, 0) is 12.0 Å². The molecule has 0 saturated heterocycles. The topological polar surface area (TPSA) is 0 Å². The number of benzene rings is 2. The van der Waals surface area contributed by atoms with Crippen LogP contribution in [0.1, 0.15) is 37.3 Å². The summed E-state index contributed by atoms with van der Waals surface area (Å²) in [5.74, 6) is 0.410. The average Bonchev–Trinajstić information content (AvgIpc) is 3.20. The molecule has 2 aromatic rings. The number of allylic oxidation sites excluding steroid dienone is 5. The van der Waals surface area contributed by atoms with Crippen LogP contribution in [0.15, 0.2) is 78.9 Å². The van der Waals surface area contributed by atoms with Gasteiger partial charge in [0.05, 0.1) is 0 Å².